The van der Waals surface area contributed by atoms with Gasteiger partial charge in [-0.3, -0.25) is 9.52 Å². The third kappa shape index (κ3) is 4.09. The number of rotatable bonds is 4. The van der Waals surface area contributed by atoms with Gasteiger partial charge in [0.25, 0.3) is 15.9 Å². The van der Waals surface area contributed by atoms with Crippen molar-refractivity contribution in [1.29, 1.82) is 0 Å². The summed E-state index contributed by atoms with van der Waals surface area (Å²) in [6.07, 6.45) is 2.01. The Kier molecular flexibility index (Phi) is 5.36. The summed E-state index contributed by atoms with van der Waals surface area (Å²) < 4.78 is 33.8. The van der Waals surface area contributed by atoms with E-state index in [0.29, 0.717) is 25.3 Å². The molecule has 7 heteroatoms. The fourth-order valence-electron chi connectivity index (χ4n) is 3.99. The van der Waals surface area contributed by atoms with Crippen LogP contribution in [0.1, 0.15) is 44.7 Å². The van der Waals surface area contributed by atoms with Crippen LogP contribution in [-0.4, -0.2) is 33.6 Å². The fourth-order valence-corrected chi connectivity index (χ4v) is 5.04. The van der Waals surface area contributed by atoms with Gasteiger partial charge in [-0.05, 0) is 66.1 Å². The lowest BCUT2D eigenvalue weighted by atomic mass is 9.87. The molecule has 160 valence electrons. The van der Waals surface area contributed by atoms with Crippen molar-refractivity contribution < 1.29 is 17.9 Å². The van der Waals surface area contributed by atoms with Crippen LogP contribution in [0.5, 0.6) is 0 Å². The Balaban J connectivity index is 1.51. The van der Waals surface area contributed by atoms with Crippen LogP contribution in [-0.2, 0) is 31.4 Å². The van der Waals surface area contributed by atoms with Gasteiger partial charge < -0.3 is 9.64 Å². The molecule has 2 aliphatic rings. The Morgan fingerprint density at radius 1 is 1.13 bits per heavy atom. The van der Waals surface area contributed by atoms with Gasteiger partial charge >= 0.3 is 0 Å². The standard InChI is InChI=1S/C23H28N2O4S/c1-23(2,3)17-6-9-19(10-7-17)30(27,28)24-18-8-11-20-16(15-18)12-13-25(20)22(26)21-5-4-14-29-21/h6-11,15,21,24H,4-5,12-14H2,1-3H3. The molecule has 0 radical (unpaired) electrons. The number of nitrogens with one attached hydrogen (secondary N) is 1. The molecule has 30 heavy (non-hydrogen) atoms. The number of carbonyl (C=O) groups is 1. The second-order valence-corrected chi connectivity index (χ2v) is 10.6. The average molecular weight is 429 g/mol. The number of sulfonamides is 1. The number of amides is 1. The second kappa shape index (κ2) is 7.71. The minimum Gasteiger partial charge on any atom is -0.368 e. The third-order valence-corrected chi connectivity index (χ3v) is 7.13. The maximum Gasteiger partial charge on any atom is 0.261 e. The highest BCUT2D eigenvalue weighted by atomic mass is 32.2. The van der Waals surface area contributed by atoms with Crippen LogP contribution >= 0.6 is 0 Å². The molecule has 2 aliphatic heterocycles. The summed E-state index contributed by atoms with van der Waals surface area (Å²) in [4.78, 5) is 14.7. The first kappa shape index (κ1) is 20.9. The molecule has 1 amide bonds. The van der Waals surface area contributed by atoms with E-state index in [1.54, 1.807) is 23.1 Å². The number of carbonyl (C=O) groups excluding carboxylic acids is 1. The minimum absolute atomic E-state index is 0.00137. The highest BCUT2D eigenvalue weighted by Gasteiger charge is 2.33. The molecular weight excluding hydrogens is 400 g/mol. The first-order valence-corrected chi connectivity index (χ1v) is 11.8. The number of ether oxygens (including phenoxy) is 1. The molecule has 1 atom stereocenters. The van der Waals surface area contributed by atoms with Gasteiger partial charge in [-0.2, -0.15) is 0 Å². The lowest BCUT2D eigenvalue weighted by Gasteiger charge is -2.21. The molecule has 2 aromatic carbocycles. The Hall–Kier alpha value is -2.38. The summed E-state index contributed by atoms with van der Waals surface area (Å²) in [5, 5.41) is 0. The van der Waals surface area contributed by atoms with Crippen LogP contribution < -0.4 is 9.62 Å². The molecule has 1 saturated heterocycles. The van der Waals surface area contributed by atoms with Crippen molar-refractivity contribution in [3.63, 3.8) is 0 Å². The molecular formula is C23H28N2O4S. The summed E-state index contributed by atoms with van der Waals surface area (Å²) in [5.41, 5.74) is 3.34. The predicted octanol–water partition coefficient (Wildman–Crippen LogP) is 3.85. The van der Waals surface area contributed by atoms with E-state index >= 15 is 0 Å². The monoisotopic (exact) mass is 428 g/mol. The second-order valence-electron chi connectivity index (χ2n) is 8.96. The van der Waals surface area contributed by atoms with Gasteiger partial charge in [-0.15, -0.1) is 0 Å². The summed E-state index contributed by atoms with van der Waals surface area (Å²) in [7, 11) is -3.69. The maximum absolute atomic E-state index is 12.8. The Bertz CT molecular complexity index is 1050. The van der Waals surface area contributed by atoms with Gasteiger partial charge in [0.05, 0.1) is 4.90 Å². The molecule has 0 spiro atoms. The zero-order chi connectivity index (χ0) is 21.5. The van der Waals surface area contributed by atoms with Gasteiger partial charge in [0.15, 0.2) is 0 Å². The molecule has 0 aromatic heterocycles. The summed E-state index contributed by atoms with van der Waals surface area (Å²) in [6.45, 7) is 7.50. The Morgan fingerprint density at radius 2 is 1.87 bits per heavy atom. The van der Waals surface area contributed by atoms with Crippen LogP contribution in [0.3, 0.4) is 0 Å². The topological polar surface area (TPSA) is 75.7 Å². The van der Waals surface area contributed by atoms with Gasteiger partial charge in [0.1, 0.15) is 6.10 Å². The van der Waals surface area contributed by atoms with Crippen molar-refractivity contribution in [3.05, 3.63) is 53.6 Å². The Morgan fingerprint density at radius 3 is 2.50 bits per heavy atom. The van der Waals surface area contributed by atoms with Gasteiger partial charge in [0, 0.05) is 24.5 Å². The van der Waals surface area contributed by atoms with E-state index < -0.39 is 10.0 Å². The largest absolute Gasteiger partial charge is 0.368 e. The lowest BCUT2D eigenvalue weighted by molar-refractivity contribution is -0.127. The number of hydrogen-bond acceptors (Lipinski definition) is 4. The predicted molar refractivity (Wildman–Crippen MR) is 117 cm³/mol. The van der Waals surface area contributed by atoms with Gasteiger partial charge in [-0.1, -0.05) is 32.9 Å². The quantitative estimate of drug-likeness (QED) is 0.803. The summed E-state index contributed by atoms with van der Waals surface area (Å²) in [6, 6.07) is 12.3. The van der Waals surface area contributed by atoms with Crippen LogP contribution in [0, 0.1) is 0 Å². The molecule has 4 rings (SSSR count). The number of hydrogen-bond donors (Lipinski definition) is 1. The van der Waals surface area contributed by atoms with Crippen molar-refractivity contribution >= 4 is 27.3 Å². The SMILES string of the molecule is CC(C)(C)c1ccc(S(=O)(=O)Nc2ccc3c(c2)CCN3C(=O)C2CCCO2)cc1. The van der Waals surface area contributed by atoms with Crippen molar-refractivity contribution in [2.75, 3.05) is 22.8 Å². The van der Waals surface area contributed by atoms with E-state index in [2.05, 4.69) is 25.5 Å². The van der Waals surface area contributed by atoms with Crippen LogP contribution in [0.4, 0.5) is 11.4 Å². The highest BCUT2D eigenvalue weighted by molar-refractivity contribution is 7.92. The molecule has 1 unspecified atom stereocenters. The highest BCUT2D eigenvalue weighted by Crippen LogP contribution is 2.33. The van der Waals surface area contributed by atoms with Crippen LogP contribution in [0.15, 0.2) is 47.4 Å². The van der Waals surface area contributed by atoms with E-state index in [1.807, 2.05) is 24.3 Å². The van der Waals surface area contributed by atoms with E-state index in [4.69, 9.17) is 4.74 Å². The molecule has 0 bridgehead atoms. The lowest BCUT2D eigenvalue weighted by Crippen LogP contribution is -2.37. The molecule has 0 saturated carbocycles. The van der Waals surface area contributed by atoms with Crippen LogP contribution in [0.25, 0.3) is 0 Å². The number of anilines is 2. The van der Waals surface area contributed by atoms with Crippen LogP contribution in [0.2, 0.25) is 0 Å². The van der Waals surface area contributed by atoms with Gasteiger partial charge in [-0.25, -0.2) is 8.42 Å². The smallest absolute Gasteiger partial charge is 0.261 e. The van der Waals surface area contributed by atoms with Crippen molar-refractivity contribution in [2.45, 2.75) is 56.4 Å². The third-order valence-electron chi connectivity index (χ3n) is 5.73. The van der Waals surface area contributed by atoms with Gasteiger partial charge in [0.2, 0.25) is 0 Å². The molecule has 1 fully saturated rings. The molecule has 0 aliphatic carbocycles. The average Bonchev–Trinajstić information content (AvgIpc) is 3.36. The van der Waals surface area contributed by atoms with E-state index in [1.165, 1.54) is 0 Å². The zero-order valence-electron chi connectivity index (χ0n) is 17.6. The number of nitrogens with zero attached hydrogens (tertiary/aromatic N) is 1. The maximum atomic E-state index is 12.8. The molecule has 1 N–H and O–H groups in total. The number of benzene rings is 2. The first-order chi connectivity index (χ1) is 14.1. The molecule has 2 aromatic rings. The normalized spacial score (nSPS) is 19.0. The zero-order valence-corrected chi connectivity index (χ0v) is 18.5. The van der Waals surface area contributed by atoms with E-state index in [-0.39, 0.29) is 22.3 Å². The first-order valence-electron chi connectivity index (χ1n) is 10.3. The summed E-state index contributed by atoms with van der Waals surface area (Å²) in [5.74, 6) is -0.00137. The van der Waals surface area contributed by atoms with E-state index in [0.717, 1.165) is 29.7 Å². The van der Waals surface area contributed by atoms with Crippen molar-refractivity contribution in [2.24, 2.45) is 0 Å². The fraction of sp³-hybridized carbons (Fsp3) is 0.435. The minimum atomic E-state index is -3.69. The Labute approximate surface area is 178 Å². The van der Waals surface area contributed by atoms with Crippen molar-refractivity contribution in [1.82, 2.24) is 0 Å². The molecule has 6 nitrogen and oxygen atoms in total. The number of fused-ring (bicyclic) bond motifs is 1. The molecule has 2 heterocycles. The van der Waals surface area contributed by atoms with Crippen molar-refractivity contribution in [3.8, 4) is 0 Å². The van der Waals surface area contributed by atoms with E-state index in [9.17, 15) is 13.2 Å². The summed E-state index contributed by atoms with van der Waals surface area (Å²) >= 11 is 0.